The van der Waals surface area contributed by atoms with Crippen LogP contribution in [0, 0.1) is 0 Å². The van der Waals surface area contributed by atoms with E-state index < -0.39 is 12.4 Å². The van der Waals surface area contributed by atoms with E-state index >= 15 is 0 Å². The van der Waals surface area contributed by atoms with E-state index in [2.05, 4.69) is 0 Å². The second kappa shape index (κ2) is 2.96. The molecule has 0 spiro atoms. The van der Waals surface area contributed by atoms with Crippen LogP contribution in [0.1, 0.15) is 13.3 Å². The Morgan fingerprint density at radius 3 is 2.83 bits per heavy atom. The Labute approximate surface area is 71.4 Å². The van der Waals surface area contributed by atoms with E-state index in [0.29, 0.717) is 6.42 Å². The van der Waals surface area contributed by atoms with Gasteiger partial charge >= 0.3 is 0 Å². The predicted octanol–water partition coefficient (Wildman–Crippen LogP) is -0.104. The van der Waals surface area contributed by atoms with Crippen molar-refractivity contribution in [1.29, 1.82) is 0 Å². The van der Waals surface area contributed by atoms with Crippen molar-refractivity contribution in [2.75, 3.05) is 7.11 Å². The van der Waals surface area contributed by atoms with Gasteiger partial charge < -0.3 is 19.3 Å². The third kappa shape index (κ3) is 1.15. The fourth-order valence-corrected chi connectivity index (χ4v) is 1.87. The minimum Gasteiger partial charge on any atom is -0.388 e. The van der Waals surface area contributed by atoms with Crippen LogP contribution in [-0.2, 0) is 14.2 Å². The average Bonchev–Trinajstić information content (AvgIpc) is 2.38. The summed E-state index contributed by atoms with van der Waals surface area (Å²) in [4.78, 5) is 0. The third-order valence-corrected chi connectivity index (χ3v) is 2.56. The molecule has 0 aromatic rings. The first-order chi connectivity index (χ1) is 5.72. The van der Waals surface area contributed by atoms with E-state index in [1.807, 2.05) is 6.92 Å². The van der Waals surface area contributed by atoms with Crippen LogP contribution in [0.15, 0.2) is 0 Å². The zero-order valence-electron chi connectivity index (χ0n) is 7.27. The molecule has 0 saturated carbocycles. The van der Waals surface area contributed by atoms with Gasteiger partial charge in [-0.1, -0.05) is 0 Å². The Morgan fingerprint density at radius 1 is 1.42 bits per heavy atom. The molecule has 4 heteroatoms. The maximum atomic E-state index is 9.48. The lowest BCUT2D eigenvalue weighted by molar-refractivity contribution is -0.186. The zero-order chi connectivity index (χ0) is 8.72. The van der Waals surface area contributed by atoms with Crippen molar-refractivity contribution in [1.82, 2.24) is 0 Å². The van der Waals surface area contributed by atoms with Crippen molar-refractivity contribution >= 4 is 0 Å². The first-order valence-electron chi connectivity index (χ1n) is 4.24. The van der Waals surface area contributed by atoms with Crippen molar-refractivity contribution in [3.05, 3.63) is 0 Å². The van der Waals surface area contributed by atoms with Crippen LogP contribution in [0.3, 0.4) is 0 Å². The van der Waals surface area contributed by atoms with Gasteiger partial charge in [0.1, 0.15) is 12.2 Å². The number of hydrogen-bond donors (Lipinski definition) is 1. The Morgan fingerprint density at radius 2 is 2.17 bits per heavy atom. The number of hydrogen-bond acceptors (Lipinski definition) is 4. The summed E-state index contributed by atoms with van der Waals surface area (Å²) in [5, 5.41) is 9.48. The molecule has 2 bridgehead atoms. The molecule has 0 aliphatic carbocycles. The van der Waals surface area contributed by atoms with E-state index in [9.17, 15) is 5.11 Å². The Kier molecular flexibility index (Phi) is 2.08. The van der Waals surface area contributed by atoms with Gasteiger partial charge in [-0.2, -0.15) is 0 Å². The van der Waals surface area contributed by atoms with Crippen LogP contribution in [0.5, 0.6) is 0 Å². The molecule has 0 unspecified atom stereocenters. The minimum atomic E-state index is -0.545. The number of rotatable bonds is 1. The fourth-order valence-electron chi connectivity index (χ4n) is 1.87. The van der Waals surface area contributed by atoms with Crippen molar-refractivity contribution in [2.24, 2.45) is 0 Å². The van der Waals surface area contributed by atoms with Gasteiger partial charge in [0, 0.05) is 13.5 Å². The van der Waals surface area contributed by atoms with Gasteiger partial charge in [0.05, 0.1) is 12.2 Å². The Balaban J connectivity index is 2.11. The molecule has 0 radical (unpaired) electrons. The summed E-state index contributed by atoms with van der Waals surface area (Å²) >= 11 is 0. The lowest BCUT2D eigenvalue weighted by Crippen LogP contribution is -2.43. The van der Waals surface area contributed by atoms with Gasteiger partial charge in [-0.15, -0.1) is 0 Å². The molecule has 2 saturated heterocycles. The maximum Gasteiger partial charge on any atom is 0.184 e. The number of aliphatic hydroxyl groups is 1. The lowest BCUT2D eigenvalue weighted by atomic mass is 10.0. The number of fused-ring (bicyclic) bond motifs is 2. The molecule has 2 rings (SSSR count). The molecule has 12 heavy (non-hydrogen) atoms. The third-order valence-electron chi connectivity index (χ3n) is 2.56. The van der Waals surface area contributed by atoms with Gasteiger partial charge in [-0.05, 0) is 6.92 Å². The molecular formula is C8H14O4. The Bertz CT molecular complexity index is 172. The van der Waals surface area contributed by atoms with Crippen LogP contribution in [0.25, 0.3) is 0 Å². The summed E-state index contributed by atoms with van der Waals surface area (Å²) in [5.41, 5.74) is 0. The number of ether oxygens (including phenoxy) is 3. The second-order valence-electron chi connectivity index (χ2n) is 3.39. The monoisotopic (exact) mass is 174 g/mol. The largest absolute Gasteiger partial charge is 0.388 e. The molecule has 2 fully saturated rings. The van der Waals surface area contributed by atoms with Crippen molar-refractivity contribution < 1.29 is 19.3 Å². The van der Waals surface area contributed by atoms with E-state index in [0.717, 1.165) is 0 Å². The molecule has 70 valence electrons. The van der Waals surface area contributed by atoms with Crippen molar-refractivity contribution in [3.63, 3.8) is 0 Å². The van der Waals surface area contributed by atoms with Crippen LogP contribution < -0.4 is 0 Å². The summed E-state index contributed by atoms with van der Waals surface area (Å²) < 4.78 is 16.0. The Hall–Kier alpha value is -0.160. The first-order valence-corrected chi connectivity index (χ1v) is 4.24. The van der Waals surface area contributed by atoms with Crippen LogP contribution >= 0.6 is 0 Å². The number of aliphatic hydroxyl groups excluding tert-OH is 1. The standard InChI is InChI=1S/C8H14O4/c1-4-7-6(10-2)3-5(9)8(11-4)12-7/h4-9H,3H2,1-2H3/t4-,5+,6+,7-,8-/m1/s1. The molecule has 2 aliphatic rings. The highest BCUT2D eigenvalue weighted by Gasteiger charge is 2.47. The SMILES string of the molecule is CO[C@H]1C[C@H](O)[C@H]2O[C@@H]1[C@@H](C)O2. The molecule has 2 heterocycles. The highest BCUT2D eigenvalue weighted by Crippen LogP contribution is 2.33. The molecule has 5 atom stereocenters. The maximum absolute atomic E-state index is 9.48. The molecule has 4 nitrogen and oxygen atoms in total. The van der Waals surface area contributed by atoms with E-state index in [1.165, 1.54) is 0 Å². The quantitative estimate of drug-likeness (QED) is 0.603. The summed E-state index contributed by atoms with van der Waals surface area (Å²) in [6, 6.07) is 0. The molecule has 2 aliphatic heterocycles. The second-order valence-corrected chi connectivity index (χ2v) is 3.39. The molecule has 0 aromatic carbocycles. The highest BCUT2D eigenvalue weighted by molar-refractivity contribution is 4.90. The molecular weight excluding hydrogens is 160 g/mol. The predicted molar refractivity (Wildman–Crippen MR) is 40.6 cm³/mol. The summed E-state index contributed by atoms with van der Waals surface area (Å²) in [6.07, 6.45) is -0.391. The van der Waals surface area contributed by atoms with Gasteiger partial charge in [-0.25, -0.2) is 0 Å². The van der Waals surface area contributed by atoms with Crippen molar-refractivity contribution in [2.45, 2.75) is 44.1 Å². The minimum absolute atomic E-state index is 0.0107. The zero-order valence-corrected chi connectivity index (χ0v) is 7.27. The fraction of sp³-hybridized carbons (Fsp3) is 1.00. The lowest BCUT2D eigenvalue weighted by Gasteiger charge is -2.30. The van der Waals surface area contributed by atoms with Crippen LogP contribution in [0.2, 0.25) is 0 Å². The summed E-state index contributed by atoms with van der Waals surface area (Å²) in [7, 11) is 1.63. The van der Waals surface area contributed by atoms with Gasteiger partial charge in [-0.3, -0.25) is 0 Å². The van der Waals surface area contributed by atoms with Gasteiger partial charge in [0.15, 0.2) is 6.29 Å². The summed E-state index contributed by atoms with van der Waals surface area (Å²) in [5.74, 6) is 0. The topological polar surface area (TPSA) is 47.9 Å². The van der Waals surface area contributed by atoms with E-state index in [-0.39, 0.29) is 18.3 Å². The average molecular weight is 174 g/mol. The van der Waals surface area contributed by atoms with Gasteiger partial charge in [0.2, 0.25) is 0 Å². The first kappa shape index (κ1) is 8.44. The molecule has 1 N–H and O–H groups in total. The van der Waals surface area contributed by atoms with Crippen molar-refractivity contribution in [3.8, 4) is 0 Å². The van der Waals surface area contributed by atoms with E-state index in [4.69, 9.17) is 14.2 Å². The van der Waals surface area contributed by atoms with E-state index in [1.54, 1.807) is 7.11 Å². The highest BCUT2D eigenvalue weighted by atomic mass is 16.7. The smallest absolute Gasteiger partial charge is 0.184 e. The van der Waals surface area contributed by atoms with Crippen LogP contribution in [0.4, 0.5) is 0 Å². The van der Waals surface area contributed by atoms with Crippen LogP contribution in [-0.4, -0.2) is 42.9 Å². The van der Waals surface area contributed by atoms with Gasteiger partial charge in [0.25, 0.3) is 0 Å². The normalized spacial score (nSPS) is 52.8. The summed E-state index contributed by atoms with van der Waals surface area (Å²) in [6.45, 7) is 1.94. The molecule has 0 amide bonds. The number of methoxy groups -OCH3 is 1. The molecule has 0 aromatic heterocycles.